The Balaban J connectivity index is 2.19. The van der Waals surface area contributed by atoms with Gasteiger partial charge in [-0.05, 0) is 31.5 Å². The Morgan fingerprint density at radius 1 is 1.47 bits per heavy atom. The second kappa shape index (κ2) is 5.80. The summed E-state index contributed by atoms with van der Waals surface area (Å²) in [5, 5.41) is 3.99. The van der Waals surface area contributed by atoms with E-state index in [9.17, 15) is 4.79 Å². The molecule has 0 saturated carbocycles. The van der Waals surface area contributed by atoms with Crippen LogP contribution in [-0.2, 0) is 4.74 Å². The molecule has 1 aromatic rings. The third-order valence-corrected chi connectivity index (χ3v) is 3.67. The molecule has 1 heterocycles. The van der Waals surface area contributed by atoms with Crippen molar-refractivity contribution in [2.75, 3.05) is 26.0 Å². The van der Waals surface area contributed by atoms with E-state index in [1.54, 1.807) is 37.2 Å². The van der Waals surface area contributed by atoms with E-state index in [0.717, 1.165) is 18.7 Å². The minimum Gasteiger partial charge on any atom is -0.378 e. The van der Waals surface area contributed by atoms with Gasteiger partial charge < -0.3 is 15.0 Å². The van der Waals surface area contributed by atoms with E-state index >= 15 is 0 Å². The lowest BCUT2D eigenvalue weighted by Crippen LogP contribution is -2.27. The molecule has 0 aromatic heterocycles. The van der Waals surface area contributed by atoms with Crippen molar-refractivity contribution in [1.29, 1.82) is 0 Å². The highest BCUT2D eigenvalue weighted by molar-refractivity contribution is 6.33. The zero-order chi connectivity index (χ0) is 14.0. The molecule has 1 aliphatic rings. The minimum atomic E-state index is -0.0320. The maximum Gasteiger partial charge on any atom is 0.253 e. The number of rotatable bonds is 3. The van der Waals surface area contributed by atoms with Gasteiger partial charge in [0.1, 0.15) is 0 Å². The van der Waals surface area contributed by atoms with Crippen LogP contribution in [0.25, 0.3) is 0 Å². The number of carbonyl (C=O) groups is 1. The molecule has 104 valence electrons. The van der Waals surface area contributed by atoms with Crippen LogP contribution in [-0.4, -0.2) is 43.7 Å². The summed E-state index contributed by atoms with van der Waals surface area (Å²) in [6, 6.07) is 5.53. The summed E-state index contributed by atoms with van der Waals surface area (Å²) in [4.78, 5) is 13.5. The Morgan fingerprint density at radius 3 is 2.79 bits per heavy atom. The van der Waals surface area contributed by atoms with Gasteiger partial charge >= 0.3 is 0 Å². The van der Waals surface area contributed by atoms with Crippen LogP contribution in [0.3, 0.4) is 0 Å². The number of benzene rings is 1. The Labute approximate surface area is 118 Å². The van der Waals surface area contributed by atoms with Crippen LogP contribution in [0.15, 0.2) is 18.2 Å². The fourth-order valence-corrected chi connectivity index (χ4v) is 2.32. The van der Waals surface area contributed by atoms with Crippen LogP contribution in [0.4, 0.5) is 5.69 Å². The monoisotopic (exact) mass is 282 g/mol. The lowest BCUT2D eigenvalue weighted by atomic mass is 10.1. The third-order valence-electron chi connectivity index (χ3n) is 3.34. The number of hydrogen-bond acceptors (Lipinski definition) is 3. The lowest BCUT2D eigenvalue weighted by molar-refractivity contribution is 0.0827. The third kappa shape index (κ3) is 3.19. The Kier molecular flexibility index (Phi) is 4.32. The standard InChI is InChI=1S/C14H19ClN2O2/c1-9-12(6-7-19-9)16-13-8-10(4-5-11(13)15)14(18)17(2)3/h4-5,8-9,12,16H,6-7H2,1-3H3. The number of amides is 1. The molecule has 1 aliphatic heterocycles. The number of carbonyl (C=O) groups excluding carboxylic acids is 1. The van der Waals surface area contributed by atoms with Crippen molar-refractivity contribution in [3.8, 4) is 0 Å². The van der Waals surface area contributed by atoms with Gasteiger partial charge in [-0.15, -0.1) is 0 Å². The smallest absolute Gasteiger partial charge is 0.253 e. The lowest BCUT2D eigenvalue weighted by Gasteiger charge is -2.19. The summed E-state index contributed by atoms with van der Waals surface area (Å²) < 4.78 is 5.51. The summed E-state index contributed by atoms with van der Waals surface area (Å²) in [5.74, 6) is -0.0320. The average molecular weight is 283 g/mol. The maximum absolute atomic E-state index is 11.9. The molecule has 2 atom stereocenters. The molecular formula is C14H19ClN2O2. The van der Waals surface area contributed by atoms with Crippen LogP contribution in [0.1, 0.15) is 23.7 Å². The zero-order valence-corrected chi connectivity index (χ0v) is 12.2. The van der Waals surface area contributed by atoms with Crippen LogP contribution < -0.4 is 5.32 Å². The predicted molar refractivity (Wildman–Crippen MR) is 76.9 cm³/mol. The molecule has 1 N–H and O–H groups in total. The summed E-state index contributed by atoms with van der Waals surface area (Å²) in [5.41, 5.74) is 1.42. The van der Waals surface area contributed by atoms with Gasteiger partial charge in [-0.2, -0.15) is 0 Å². The average Bonchev–Trinajstić information content (AvgIpc) is 2.77. The summed E-state index contributed by atoms with van der Waals surface area (Å²) in [7, 11) is 3.47. The van der Waals surface area contributed by atoms with Crippen molar-refractivity contribution < 1.29 is 9.53 Å². The van der Waals surface area contributed by atoms with E-state index in [-0.39, 0.29) is 18.1 Å². The van der Waals surface area contributed by atoms with E-state index < -0.39 is 0 Å². The molecule has 1 fully saturated rings. The first-order chi connectivity index (χ1) is 8.99. The molecule has 2 rings (SSSR count). The van der Waals surface area contributed by atoms with E-state index in [1.807, 2.05) is 6.92 Å². The van der Waals surface area contributed by atoms with E-state index in [0.29, 0.717) is 10.6 Å². The predicted octanol–water partition coefficient (Wildman–Crippen LogP) is 2.63. The molecule has 5 heteroatoms. The van der Waals surface area contributed by atoms with Crippen molar-refractivity contribution in [3.63, 3.8) is 0 Å². The van der Waals surface area contributed by atoms with Gasteiger partial charge in [0.05, 0.1) is 22.9 Å². The number of ether oxygens (including phenoxy) is 1. The minimum absolute atomic E-state index is 0.0320. The van der Waals surface area contributed by atoms with Gasteiger partial charge in [0, 0.05) is 26.3 Å². The van der Waals surface area contributed by atoms with Gasteiger partial charge in [-0.1, -0.05) is 11.6 Å². The molecule has 4 nitrogen and oxygen atoms in total. The first-order valence-electron chi connectivity index (χ1n) is 6.38. The highest BCUT2D eigenvalue weighted by Crippen LogP contribution is 2.27. The molecule has 2 unspecified atom stereocenters. The zero-order valence-electron chi connectivity index (χ0n) is 11.4. The first kappa shape index (κ1) is 14.2. The molecule has 1 aromatic carbocycles. The fraction of sp³-hybridized carbons (Fsp3) is 0.500. The number of halogens is 1. The molecule has 1 amide bonds. The molecule has 0 aliphatic carbocycles. The van der Waals surface area contributed by atoms with Crippen LogP contribution >= 0.6 is 11.6 Å². The highest BCUT2D eigenvalue weighted by atomic mass is 35.5. The molecule has 19 heavy (non-hydrogen) atoms. The first-order valence-corrected chi connectivity index (χ1v) is 6.76. The number of anilines is 1. The highest BCUT2D eigenvalue weighted by Gasteiger charge is 2.24. The quantitative estimate of drug-likeness (QED) is 0.927. The van der Waals surface area contributed by atoms with Gasteiger partial charge in [0.25, 0.3) is 5.91 Å². The molecule has 1 saturated heterocycles. The number of nitrogens with zero attached hydrogens (tertiary/aromatic N) is 1. The Bertz CT molecular complexity index is 477. The van der Waals surface area contributed by atoms with Crippen LogP contribution in [0.2, 0.25) is 5.02 Å². The van der Waals surface area contributed by atoms with E-state index in [1.165, 1.54) is 0 Å². The Hall–Kier alpha value is -1.26. The van der Waals surface area contributed by atoms with Crippen molar-refractivity contribution in [2.45, 2.75) is 25.5 Å². The van der Waals surface area contributed by atoms with Crippen LogP contribution in [0.5, 0.6) is 0 Å². The molecule has 0 spiro atoms. The fourth-order valence-electron chi connectivity index (χ4n) is 2.15. The van der Waals surface area contributed by atoms with Gasteiger partial charge in [0.2, 0.25) is 0 Å². The second-order valence-corrected chi connectivity index (χ2v) is 5.42. The van der Waals surface area contributed by atoms with Gasteiger partial charge in [-0.25, -0.2) is 0 Å². The van der Waals surface area contributed by atoms with E-state index in [2.05, 4.69) is 5.32 Å². The normalized spacial score (nSPS) is 22.3. The number of nitrogens with one attached hydrogen (secondary N) is 1. The topological polar surface area (TPSA) is 41.6 Å². The second-order valence-electron chi connectivity index (χ2n) is 5.01. The maximum atomic E-state index is 11.9. The SMILES string of the molecule is CC1OCCC1Nc1cc(C(=O)N(C)C)ccc1Cl. The van der Waals surface area contributed by atoms with Crippen molar-refractivity contribution in [3.05, 3.63) is 28.8 Å². The molecule has 0 bridgehead atoms. The van der Waals surface area contributed by atoms with E-state index in [4.69, 9.17) is 16.3 Å². The van der Waals surface area contributed by atoms with Crippen molar-refractivity contribution in [1.82, 2.24) is 4.90 Å². The summed E-state index contributed by atoms with van der Waals surface area (Å²) in [6.07, 6.45) is 1.10. The number of hydrogen-bond donors (Lipinski definition) is 1. The summed E-state index contributed by atoms with van der Waals surface area (Å²) >= 11 is 6.18. The molecule has 0 radical (unpaired) electrons. The summed E-state index contributed by atoms with van der Waals surface area (Å²) in [6.45, 7) is 2.79. The Morgan fingerprint density at radius 2 is 2.21 bits per heavy atom. The van der Waals surface area contributed by atoms with Gasteiger partial charge in [0.15, 0.2) is 0 Å². The van der Waals surface area contributed by atoms with Crippen molar-refractivity contribution in [2.24, 2.45) is 0 Å². The van der Waals surface area contributed by atoms with Crippen LogP contribution in [0, 0.1) is 0 Å². The molecular weight excluding hydrogens is 264 g/mol. The van der Waals surface area contributed by atoms with Crippen molar-refractivity contribution >= 4 is 23.2 Å². The van der Waals surface area contributed by atoms with Gasteiger partial charge in [-0.3, -0.25) is 4.79 Å². The largest absolute Gasteiger partial charge is 0.378 e.